The van der Waals surface area contributed by atoms with E-state index in [0.29, 0.717) is 26.4 Å². The summed E-state index contributed by atoms with van der Waals surface area (Å²) in [5.41, 5.74) is 0. The Morgan fingerprint density at radius 2 is 2.17 bits per heavy atom. The van der Waals surface area contributed by atoms with E-state index >= 15 is 0 Å². The van der Waals surface area contributed by atoms with Crippen molar-refractivity contribution in [3.05, 3.63) is 0 Å². The Morgan fingerprint density at radius 1 is 1.33 bits per heavy atom. The van der Waals surface area contributed by atoms with Crippen LogP contribution in [0.5, 0.6) is 0 Å². The van der Waals surface area contributed by atoms with Crippen LogP contribution < -0.4 is 0 Å². The van der Waals surface area contributed by atoms with Gasteiger partial charge in [0.05, 0.1) is 19.8 Å². The molecule has 0 aliphatic carbocycles. The largest absolute Gasteiger partial charge is 0.379 e. The summed E-state index contributed by atoms with van der Waals surface area (Å²) in [6.07, 6.45) is -0.0773. The van der Waals surface area contributed by atoms with Crippen LogP contribution in [0.1, 0.15) is 13.8 Å². The highest BCUT2D eigenvalue weighted by Crippen LogP contribution is 2.05. The molecule has 1 heterocycles. The van der Waals surface area contributed by atoms with E-state index in [1.54, 1.807) is 0 Å². The second kappa shape index (κ2) is 5.48. The van der Waals surface area contributed by atoms with E-state index in [0.717, 1.165) is 0 Å². The summed E-state index contributed by atoms with van der Waals surface area (Å²) in [7, 11) is 0. The highest BCUT2D eigenvalue weighted by Gasteiger charge is 2.17. The summed E-state index contributed by atoms with van der Waals surface area (Å²) in [5, 5.41) is 0. The Balaban J connectivity index is 2.17. The fraction of sp³-hybridized carbons (Fsp3) is 1.00. The van der Waals surface area contributed by atoms with Gasteiger partial charge in [-0.1, -0.05) is 0 Å². The Morgan fingerprint density at radius 3 is 2.92 bits per heavy atom. The molecule has 2 unspecified atom stereocenters. The predicted molar refractivity (Wildman–Crippen MR) is 42.7 cm³/mol. The summed E-state index contributed by atoms with van der Waals surface area (Å²) in [6, 6.07) is 0. The monoisotopic (exact) mass is 176 g/mol. The maximum Gasteiger partial charge on any atom is 0.139 e. The van der Waals surface area contributed by atoms with E-state index in [1.807, 2.05) is 13.8 Å². The zero-order chi connectivity index (χ0) is 8.81. The molecule has 1 aliphatic rings. The molecule has 0 bridgehead atoms. The molecule has 1 saturated heterocycles. The Kier molecular flexibility index (Phi) is 4.53. The fourth-order valence-corrected chi connectivity index (χ4v) is 0.920. The van der Waals surface area contributed by atoms with Gasteiger partial charge < -0.3 is 9.47 Å². The lowest BCUT2D eigenvalue weighted by molar-refractivity contribution is -0.342. The molecule has 0 spiro atoms. The van der Waals surface area contributed by atoms with Gasteiger partial charge in [0.1, 0.15) is 12.2 Å². The number of ether oxygens (including phenoxy) is 2. The Hall–Kier alpha value is -0.160. The van der Waals surface area contributed by atoms with Crippen molar-refractivity contribution >= 4 is 0 Å². The lowest BCUT2D eigenvalue weighted by Gasteiger charge is -2.12. The van der Waals surface area contributed by atoms with Crippen LogP contribution in [-0.4, -0.2) is 38.6 Å². The maximum atomic E-state index is 5.29. The molecule has 0 aromatic rings. The third-order valence-electron chi connectivity index (χ3n) is 1.52. The van der Waals surface area contributed by atoms with Crippen LogP contribution in [-0.2, 0) is 19.2 Å². The second-order valence-corrected chi connectivity index (χ2v) is 2.82. The molecule has 12 heavy (non-hydrogen) atoms. The quantitative estimate of drug-likeness (QED) is 0.595. The van der Waals surface area contributed by atoms with Gasteiger partial charge in [0.25, 0.3) is 0 Å². The maximum absolute atomic E-state index is 5.29. The van der Waals surface area contributed by atoms with E-state index in [4.69, 9.17) is 19.2 Å². The zero-order valence-electron chi connectivity index (χ0n) is 7.62. The fourth-order valence-electron chi connectivity index (χ4n) is 0.920. The highest BCUT2D eigenvalue weighted by atomic mass is 17.2. The summed E-state index contributed by atoms with van der Waals surface area (Å²) >= 11 is 0. The summed E-state index contributed by atoms with van der Waals surface area (Å²) in [5.74, 6) is 0. The minimum Gasteiger partial charge on any atom is -0.379 e. The van der Waals surface area contributed by atoms with Crippen molar-refractivity contribution in [1.29, 1.82) is 0 Å². The second-order valence-electron chi connectivity index (χ2n) is 2.82. The van der Waals surface area contributed by atoms with Crippen LogP contribution in [0, 0.1) is 0 Å². The normalized spacial score (nSPS) is 31.5. The summed E-state index contributed by atoms with van der Waals surface area (Å²) in [4.78, 5) is 10.1. The first-order valence-electron chi connectivity index (χ1n) is 4.30. The van der Waals surface area contributed by atoms with Crippen LogP contribution in [0.25, 0.3) is 0 Å². The van der Waals surface area contributed by atoms with Gasteiger partial charge in [-0.2, -0.15) is 0 Å². The minimum absolute atomic E-state index is 0.0108. The smallest absolute Gasteiger partial charge is 0.139 e. The van der Waals surface area contributed by atoms with E-state index in [2.05, 4.69) is 0 Å². The Labute approximate surface area is 72.7 Å². The third-order valence-corrected chi connectivity index (χ3v) is 1.52. The van der Waals surface area contributed by atoms with Gasteiger partial charge in [0.2, 0.25) is 0 Å². The molecule has 0 amide bonds. The van der Waals surface area contributed by atoms with E-state index < -0.39 is 0 Å². The molecule has 0 radical (unpaired) electrons. The van der Waals surface area contributed by atoms with E-state index in [9.17, 15) is 0 Å². The van der Waals surface area contributed by atoms with Gasteiger partial charge in [-0.25, -0.2) is 9.78 Å². The molecular formula is C8H16O4. The highest BCUT2D eigenvalue weighted by molar-refractivity contribution is 4.57. The van der Waals surface area contributed by atoms with Crippen molar-refractivity contribution in [2.45, 2.75) is 26.1 Å². The summed E-state index contributed by atoms with van der Waals surface area (Å²) < 4.78 is 10.5. The van der Waals surface area contributed by atoms with Crippen molar-refractivity contribution in [1.82, 2.24) is 0 Å². The first kappa shape index (κ1) is 9.92. The lowest BCUT2D eigenvalue weighted by atomic mass is 10.4. The van der Waals surface area contributed by atoms with Gasteiger partial charge in [-0.05, 0) is 13.8 Å². The molecule has 2 atom stereocenters. The molecule has 0 N–H and O–H groups in total. The SMILES string of the molecule is CCOCC1COCC(C)OO1. The van der Waals surface area contributed by atoms with Crippen LogP contribution >= 0.6 is 0 Å². The van der Waals surface area contributed by atoms with Crippen LogP contribution in [0.15, 0.2) is 0 Å². The van der Waals surface area contributed by atoms with Gasteiger partial charge in [-0.3, -0.25) is 0 Å². The molecular weight excluding hydrogens is 160 g/mol. The van der Waals surface area contributed by atoms with Crippen molar-refractivity contribution in [2.24, 2.45) is 0 Å². The van der Waals surface area contributed by atoms with Gasteiger partial charge in [-0.15, -0.1) is 0 Å². The van der Waals surface area contributed by atoms with Crippen molar-refractivity contribution in [3.63, 3.8) is 0 Å². The van der Waals surface area contributed by atoms with Gasteiger partial charge in [0.15, 0.2) is 0 Å². The van der Waals surface area contributed by atoms with Crippen LogP contribution in [0.4, 0.5) is 0 Å². The first-order chi connectivity index (χ1) is 5.83. The average Bonchev–Trinajstić information content (AvgIpc) is 2.27. The van der Waals surface area contributed by atoms with Crippen molar-refractivity contribution < 1.29 is 19.2 Å². The molecule has 4 nitrogen and oxygen atoms in total. The van der Waals surface area contributed by atoms with Crippen LogP contribution in [0.3, 0.4) is 0 Å². The number of rotatable bonds is 3. The number of hydrogen-bond acceptors (Lipinski definition) is 4. The van der Waals surface area contributed by atoms with Crippen molar-refractivity contribution in [2.75, 3.05) is 26.4 Å². The minimum atomic E-state index is -0.0881. The van der Waals surface area contributed by atoms with E-state index in [1.165, 1.54) is 0 Å². The van der Waals surface area contributed by atoms with E-state index in [-0.39, 0.29) is 12.2 Å². The predicted octanol–water partition coefficient (Wildman–Crippen LogP) is 0.758. The van der Waals surface area contributed by atoms with Gasteiger partial charge >= 0.3 is 0 Å². The molecule has 4 heteroatoms. The number of hydrogen-bond donors (Lipinski definition) is 0. The molecule has 0 saturated carbocycles. The standard InChI is InChI=1S/C8H16O4/c1-3-9-5-8-6-10-4-7(2)11-12-8/h7-8H,3-6H2,1-2H3. The van der Waals surface area contributed by atoms with Crippen LogP contribution in [0.2, 0.25) is 0 Å². The molecule has 1 fully saturated rings. The Bertz CT molecular complexity index is 116. The molecule has 0 aromatic carbocycles. The summed E-state index contributed by atoms with van der Waals surface area (Å²) in [6.45, 7) is 6.20. The first-order valence-corrected chi connectivity index (χ1v) is 4.30. The third kappa shape index (κ3) is 3.49. The average molecular weight is 176 g/mol. The zero-order valence-corrected chi connectivity index (χ0v) is 7.62. The molecule has 1 aliphatic heterocycles. The molecule has 1 rings (SSSR count). The lowest BCUT2D eigenvalue weighted by Crippen LogP contribution is -2.23. The van der Waals surface area contributed by atoms with Crippen molar-refractivity contribution in [3.8, 4) is 0 Å². The topological polar surface area (TPSA) is 36.9 Å². The van der Waals surface area contributed by atoms with Gasteiger partial charge in [0, 0.05) is 6.61 Å². The molecule has 0 aromatic heterocycles. The molecule has 72 valence electrons.